The Labute approximate surface area is 122 Å². The Hall–Kier alpha value is -1.27. The van der Waals surface area contributed by atoms with Crippen molar-refractivity contribution in [2.24, 2.45) is 5.73 Å². The molecule has 0 radical (unpaired) electrons. The number of carbonyl (C=O) groups excluding carboxylic acids is 1. The lowest BCUT2D eigenvalue weighted by molar-refractivity contribution is -0.161. The van der Waals surface area contributed by atoms with Gasteiger partial charge in [0, 0.05) is 19.6 Å². The summed E-state index contributed by atoms with van der Waals surface area (Å²) in [4.78, 5) is 12.7. The molecule has 0 aliphatic carbocycles. The fourth-order valence-corrected chi connectivity index (χ4v) is 1.71. The molecule has 1 aromatic carbocycles. The molecule has 0 unspecified atom stereocenters. The van der Waals surface area contributed by atoms with Crippen molar-refractivity contribution in [1.29, 1.82) is 0 Å². The number of hydrogen-bond acceptors (Lipinski definition) is 2. The molecule has 0 fully saturated rings. The largest absolute Gasteiger partial charge is 0.397 e. The SMILES string of the molecule is Cl.NCCN(CCc1ccccc1)C(=O)CC(F)(F)F. The fraction of sp³-hybridized carbons (Fsp3) is 0.462. The number of carbonyl (C=O) groups is 1. The number of alkyl halides is 3. The van der Waals surface area contributed by atoms with Gasteiger partial charge in [-0.1, -0.05) is 30.3 Å². The van der Waals surface area contributed by atoms with Crippen molar-refractivity contribution in [3.05, 3.63) is 35.9 Å². The van der Waals surface area contributed by atoms with Crippen LogP contribution < -0.4 is 5.73 Å². The second-order valence-corrected chi connectivity index (χ2v) is 4.20. The van der Waals surface area contributed by atoms with E-state index in [-0.39, 0.29) is 32.0 Å². The highest BCUT2D eigenvalue weighted by Gasteiger charge is 2.33. The first-order chi connectivity index (χ1) is 8.92. The molecule has 0 aliphatic rings. The summed E-state index contributed by atoms with van der Waals surface area (Å²) < 4.78 is 36.6. The zero-order valence-corrected chi connectivity index (χ0v) is 11.7. The van der Waals surface area contributed by atoms with Gasteiger partial charge in [-0.15, -0.1) is 12.4 Å². The first kappa shape index (κ1) is 18.7. The number of nitrogens with zero attached hydrogens (tertiary/aromatic N) is 1. The van der Waals surface area contributed by atoms with Crippen LogP contribution in [0.25, 0.3) is 0 Å². The highest BCUT2D eigenvalue weighted by Crippen LogP contribution is 2.20. The molecule has 0 spiro atoms. The molecule has 1 rings (SSSR count). The van der Waals surface area contributed by atoms with Crippen molar-refractivity contribution in [3.8, 4) is 0 Å². The smallest absolute Gasteiger partial charge is 0.341 e. The van der Waals surface area contributed by atoms with E-state index in [1.165, 1.54) is 4.90 Å². The average molecular weight is 311 g/mol. The minimum absolute atomic E-state index is 0. The maximum Gasteiger partial charge on any atom is 0.397 e. The maximum absolute atomic E-state index is 12.2. The first-order valence-electron chi connectivity index (χ1n) is 6.01. The van der Waals surface area contributed by atoms with Crippen LogP contribution in [0.5, 0.6) is 0 Å². The highest BCUT2D eigenvalue weighted by molar-refractivity contribution is 5.85. The summed E-state index contributed by atoms with van der Waals surface area (Å²) in [7, 11) is 0. The molecule has 0 aliphatic heterocycles. The van der Waals surface area contributed by atoms with Crippen LogP contribution in [0.1, 0.15) is 12.0 Å². The summed E-state index contributed by atoms with van der Waals surface area (Å²) in [5.41, 5.74) is 6.30. The summed E-state index contributed by atoms with van der Waals surface area (Å²) in [6, 6.07) is 9.29. The molecule has 2 N–H and O–H groups in total. The number of benzene rings is 1. The van der Waals surface area contributed by atoms with Gasteiger partial charge in [0.1, 0.15) is 6.42 Å². The van der Waals surface area contributed by atoms with E-state index in [9.17, 15) is 18.0 Å². The van der Waals surface area contributed by atoms with Crippen LogP contribution in [0.3, 0.4) is 0 Å². The van der Waals surface area contributed by atoms with Crippen LogP contribution in [-0.2, 0) is 11.2 Å². The van der Waals surface area contributed by atoms with Gasteiger partial charge in [-0.25, -0.2) is 0 Å². The third kappa shape index (κ3) is 7.35. The lowest BCUT2D eigenvalue weighted by Crippen LogP contribution is -2.39. The molecule has 1 aromatic rings. The van der Waals surface area contributed by atoms with Gasteiger partial charge in [0.2, 0.25) is 5.91 Å². The Kier molecular flexibility index (Phi) is 8.25. The standard InChI is InChI=1S/C13H17F3N2O.ClH/c14-13(15,16)10-12(19)18(9-7-17)8-6-11-4-2-1-3-5-11;/h1-5H,6-10,17H2;1H. The summed E-state index contributed by atoms with van der Waals surface area (Å²) in [6.45, 7) is 0.538. The van der Waals surface area contributed by atoms with Gasteiger partial charge in [-0.05, 0) is 12.0 Å². The summed E-state index contributed by atoms with van der Waals surface area (Å²) in [6.07, 6.45) is -5.39. The normalized spacial score (nSPS) is 10.8. The molecule has 1 amide bonds. The van der Waals surface area contributed by atoms with Crippen LogP contribution in [-0.4, -0.2) is 36.6 Å². The Morgan fingerprint density at radius 2 is 1.75 bits per heavy atom. The summed E-state index contributed by atoms with van der Waals surface area (Å²) in [5.74, 6) is -0.922. The number of rotatable bonds is 6. The van der Waals surface area contributed by atoms with Crippen LogP contribution in [0.2, 0.25) is 0 Å². The minimum atomic E-state index is -4.48. The molecule has 7 heteroatoms. The van der Waals surface area contributed by atoms with Crippen molar-refractivity contribution in [1.82, 2.24) is 4.90 Å². The van der Waals surface area contributed by atoms with Gasteiger partial charge >= 0.3 is 6.18 Å². The molecular weight excluding hydrogens is 293 g/mol. The Morgan fingerprint density at radius 1 is 1.15 bits per heavy atom. The second kappa shape index (κ2) is 8.81. The van der Waals surface area contributed by atoms with Gasteiger partial charge in [0.15, 0.2) is 0 Å². The molecule has 20 heavy (non-hydrogen) atoms. The quantitative estimate of drug-likeness (QED) is 0.877. The van der Waals surface area contributed by atoms with Gasteiger partial charge in [-0.2, -0.15) is 13.2 Å². The van der Waals surface area contributed by atoms with Crippen LogP contribution in [0, 0.1) is 0 Å². The Morgan fingerprint density at radius 3 is 2.25 bits per heavy atom. The molecule has 0 saturated heterocycles. The molecule has 114 valence electrons. The van der Waals surface area contributed by atoms with Crippen LogP contribution >= 0.6 is 12.4 Å². The molecule has 0 aromatic heterocycles. The van der Waals surface area contributed by atoms with Crippen molar-refractivity contribution in [2.75, 3.05) is 19.6 Å². The Bertz CT molecular complexity index is 398. The van der Waals surface area contributed by atoms with Crippen LogP contribution in [0.15, 0.2) is 30.3 Å². The Balaban J connectivity index is 0.00000361. The average Bonchev–Trinajstić information content (AvgIpc) is 2.33. The predicted molar refractivity (Wildman–Crippen MR) is 73.7 cm³/mol. The number of halogens is 4. The van der Waals surface area contributed by atoms with Gasteiger partial charge < -0.3 is 10.6 Å². The highest BCUT2D eigenvalue weighted by atomic mass is 35.5. The van der Waals surface area contributed by atoms with E-state index in [0.29, 0.717) is 6.42 Å². The van der Waals surface area contributed by atoms with E-state index in [4.69, 9.17) is 5.73 Å². The number of amides is 1. The zero-order chi connectivity index (χ0) is 14.3. The molecular formula is C13H18ClF3N2O. The molecule has 0 bridgehead atoms. The maximum atomic E-state index is 12.2. The van der Waals surface area contributed by atoms with Gasteiger partial charge in [-0.3, -0.25) is 4.79 Å². The van der Waals surface area contributed by atoms with E-state index >= 15 is 0 Å². The molecule has 3 nitrogen and oxygen atoms in total. The van der Waals surface area contributed by atoms with Crippen molar-refractivity contribution < 1.29 is 18.0 Å². The minimum Gasteiger partial charge on any atom is -0.341 e. The molecule has 0 heterocycles. The van der Waals surface area contributed by atoms with E-state index < -0.39 is 18.5 Å². The first-order valence-corrected chi connectivity index (χ1v) is 6.01. The van der Waals surface area contributed by atoms with Gasteiger partial charge in [0.05, 0.1) is 0 Å². The lowest BCUT2D eigenvalue weighted by atomic mass is 10.1. The monoisotopic (exact) mass is 310 g/mol. The third-order valence-corrected chi connectivity index (χ3v) is 2.62. The zero-order valence-electron chi connectivity index (χ0n) is 10.9. The molecule has 0 saturated carbocycles. The van der Waals surface area contributed by atoms with Crippen molar-refractivity contribution in [3.63, 3.8) is 0 Å². The summed E-state index contributed by atoms with van der Waals surface area (Å²) >= 11 is 0. The second-order valence-electron chi connectivity index (χ2n) is 4.20. The topological polar surface area (TPSA) is 46.3 Å². The van der Waals surface area contributed by atoms with E-state index in [0.717, 1.165) is 5.56 Å². The lowest BCUT2D eigenvalue weighted by Gasteiger charge is -2.22. The fourth-order valence-electron chi connectivity index (χ4n) is 1.71. The van der Waals surface area contributed by atoms with Crippen LogP contribution in [0.4, 0.5) is 13.2 Å². The third-order valence-electron chi connectivity index (χ3n) is 2.62. The number of hydrogen-bond donors (Lipinski definition) is 1. The van der Waals surface area contributed by atoms with E-state index in [1.54, 1.807) is 0 Å². The van der Waals surface area contributed by atoms with E-state index in [2.05, 4.69) is 0 Å². The summed E-state index contributed by atoms with van der Waals surface area (Å²) in [5, 5.41) is 0. The van der Waals surface area contributed by atoms with Crippen molar-refractivity contribution >= 4 is 18.3 Å². The molecule has 0 atom stereocenters. The van der Waals surface area contributed by atoms with Crippen molar-refractivity contribution in [2.45, 2.75) is 19.0 Å². The number of nitrogens with two attached hydrogens (primary N) is 1. The van der Waals surface area contributed by atoms with E-state index in [1.807, 2.05) is 30.3 Å². The van der Waals surface area contributed by atoms with Gasteiger partial charge in [0.25, 0.3) is 0 Å². The predicted octanol–water partition coefficient (Wildman–Crippen LogP) is 2.39.